The largest absolute Gasteiger partial charge is 0.317 e. The van der Waals surface area contributed by atoms with Crippen molar-refractivity contribution in [3.05, 3.63) is 28.5 Å². The molecule has 2 heterocycles. The van der Waals surface area contributed by atoms with Crippen LogP contribution in [0.2, 0.25) is 5.02 Å². The smallest absolute Gasteiger partial charge is 0.149 e. The SMILES string of the molecule is CCNCCc1nnc(-c2ccncc2Cl)s1. The summed E-state index contributed by atoms with van der Waals surface area (Å²) in [6, 6.07) is 1.86. The van der Waals surface area contributed by atoms with Crippen molar-refractivity contribution in [1.82, 2.24) is 20.5 Å². The zero-order valence-electron chi connectivity index (χ0n) is 9.48. The molecule has 2 aromatic heterocycles. The lowest BCUT2D eigenvalue weighted by Crippen LogP contribution is -2.15. The molecule has 0 aliphatic rings. The van der Waals surface area contributed by atoms with Crippen LogP contribution in [0, 0.1) is 0 Å². The zero-order valence-corrected chi connectivity index (χ0v) is 11.1. The van der Waals surface area contributed by atoms with Gasteiger partial charge in [0.15, 0.2) is 0 Å². The minimum atomic E-state index is 0.613. The highest BCUT2D eigenvalue weighted by atomic mass is 35.5. The maximum atomic E-state index is 6.06. The Morgan fingerprint density at radius 1 is 1.41 bits per heavy atom. The van der Waals surface area contributed by atoms with Crippen LogP contribution in [0.3, 0.4) is 0 Å². The molecule has 0 radical (unpaired) electrons. The number of halogens is 1. The van der Waals surface area contributed by atoms with Gasteiger partial charge in [-0.3, -0.25) is 4.98 Å². The molecule has 0 atom stereocenters. The predicted octanol–water partition coefficient (Wildman–Crippen LogP) is 2.41. The second-order valence-corrected chi connectivity index (χ2v) is 4.93. The highest BCUT2D eigenvalue weighted by Gasteiger charge is 2.09. The molecule has 2 aromatic rings. The normalized spacial score (nSPS) is 10.7. The van der Waals surface area contributed by atoms with Crippen LogP contribution in [0.4, 0.5) is 0 Å². The molecule has 90 valence electrons. The maximum absolute atomic E-state index is 6.06. The van der Waals surface area contributed by atoms with Gasteiger partial charge in [0.05, 0.1) is 5.02 Å². The van der Waals surface area contributed by atoms with Crippen molar-refractivity contribution in [3.8, 4) is 10.6 Å². The van der Waals surface area contributed by atoms with E-state index in [4.69, 9.17) is 11.6 Å². The molecule has 0 spiro atoms. The van der Waals surface area contributed by atoms with Crippen molar-refractivity contribution >= 4 is 22.9 Å². The number of hydrogen-bond donors (Lipinski definition) is 1. The van der Waals surface area contributed by atoms with E-state index in [1.165, 1.54) is 0 Å². The van der Waals surface area contributed by atoms with Crippen LogP contribution in [0.1, 0.15) is 11.9 Å². The Labute approximate surface area is 109 Å². The van der Waals surface area contributed by atoms with E-state index in [0.717, 1.165) is 35.1 Å². The molecule has 0 unspecified atom stereocenters. The fourth-order valence-corrected chi connectivity index (χ4v) is 2.53. The van der Waals surface area contributed by atoms with Gasteiger partial charge in [-0.15, -0.1) is 10.2 Å². The van der Waals surface area contributed by atoms with E-state index >= 15 is 0 Å². The molecule has 1 N–H and O–H groups in total. The van der Waals surface area contributed by atoms with Gasteiger partial charge in [0, 0.05) is 30.9 Å². The summed E-state index contributed by atoms with van der Waals surface area (Å²) in [6.45, 7) is 3.99. The minimum absolute atomic E-state index is 0.613. The summed E-state index contributed by atoms with van der Waals surface area (Å²) in [6.07, 6.45) is 4.23. The Hall–Kier alpha value is -1.04. The molecule has 0 saturated heterocycles. The lowest BCUT2D eigenvalue weighted by atomic mass is 10.3. The van der Waals surface area contributed by atoms with Gasteiger partial charge >= 0.3 is 0 Å². The number of pyridine rings is 1. The number of rotatable bonds is 5. The molecule has 0 aliphatic heterocycles. The van der Waals surface area contributed by atoms with Gasteiger partial charge in [0.25, 0.3) is 0 Å². The van der Waals surface area contributed by atoms with Crippen molar-refractivity contribution in [2.75, 3.05) is 13.1 Å². The van der Waals surface area contributed by atoms with E-state index in [1.54, 1.807) is 23.7 Å². The Kier molecular flexibility index (Phi) is 4.42. The van der Waals surface area contributed by atoms with Gasteiger partial charge in [-0.25, -0.2) is 0 Å². The third-order valence-electron chi connectivity index (χ3n) is 2.24. The molecular formula is C11H13ClN4S. The molecule has 0 bridgehead atoms. The first-order valence-corrected chi connectivity index (χ1v) is 6.63. The van der Waals surface area contributed by atoms with E-state index in [9.17, 15) is 0 Å². The van der Waals surface area contributed by atoms with Crippen molar-refractivity contribution in [1.29, 1.82) is 0 Å². The summed E-state index contributed by atoms with van der Waals surface area (Å²) in [7, 11) is 0. The van der Waals surface area contributed by atoms with E-state index in [0.29, 0.717) is 5.02 Å². The summed E-state index contributed by atoms with van der Waals surface area (Å²) < 4.78 is 0. The minimum Gasteiger partial charge on any atom is -0.317 e. The van der Waals surface area contributed by atoms with Crippen LogP contribution in [-0.2, 0) is 6.42 Å². The molecule has 17 heavy (non-hydrogen) atoms. The van der Waals surface area contributed by atoms with Crippen LogP contribution < -0.4 is 5.32 Å². The Bertz CT molecular complexity index is 486. The third kappa shape index (κ3) is 3.21. The second kappa shape index (κ2) is 6.05. The van der Waals surface area contributed by atoms with Gasteiger partial charge in [-0.1, -0.05) is 29.9 Å². The fourth-order valence-electron chi connectivity index (χ4n) is 1.38. The summed E-state index contributed by atoms with van der Waals surface area (Å²) in [5.41, 5.74) is 0.897. The maximum Gasteiger partial charge on any atom is 0.149 e. The van der Waals surface area contributed by atoms with Crippen LogP contribution in [0.5, 0.6) is 0 Å². The number of nitrogens with one attached hydrogen (secondary N) is 1. The van der Waals surface area contributed by atoms with Crippen molar-refractivity contribution in [2.45, 2.75) is 13.3 Å². The first-order chi connectivity index (χ1) is 8.31. The Morgan fingerprint density at radius 2 is 2.29 bits per heavy atom. The highest BCUT2D eigenvalue weighted by Crippen LogP contribution is 2.29. The van der Waals surface area contributed by atoms with Gasteiger partial charge < -0.3 is 5.32 Å². The van der Waals surface area contributed by atoms with Crippen LogP contribution in [0.15, 0.2) is 18.5 Å². The third-order valence-corrected chi connectivity index (χ3v) is 3.55. The van der Waals surface area contributed by atoms with Gasteiger partial charge in [0.1, 0.15) is 10.0 Å². The molecule has 0 saturated carbocycles. The van der Waals surface area contributed by atoms with E-state index in [-0.39, 0.29) is 0 Å². The predicted molar refractivity (Wildman–Crippen MR) is 70.4 cm³/mol. The first kappa shape index (κ1) is 12.4. The molecule has 0 aliphatic carbocycles. The number of likely N-dealkylation sites (N-methyl/N-ethyl adjacent to an activating group) is 1. The molecule has 0 amide bonds. The van der Waals surface area contributed by atoms with Gasteiger partial charge in [-0.2, -0.15) is 0 Å². The zero-order chi connectivity index (χ0) is 12.1. The van der Waals surface area contributed by atoms with Gasteiger partial charge in [0.2, 0.25) is 0 Å². The van der Waals surface area contributed by atoms with Crippen LogP contribution >= 0.6 is 22.9 Å². The molecule has 2 rings (SSSR count). The lowest BCUT2D eigenvalue weighted by Gasteiger charge is -1.97. The monoisotopic (exact) mass is 268 g/mol. The van der Waals surface area contributed by atoms with E-state index in [2.05, 4.69) is 27.4 Å². The fraction of sp³-hybridized carbons (Fsp3) is 0.364. The van der Waals surface area contributed by atoms with Crippen molar-refractivity contribution in [3.63, 3.8) is 0 Å². The Morgan fingerprint density at radius 3 is 3.06 bits per heavy atom. The van der Waals surface area contributed by atoms with Gasteiger partial charge in [-0.05, 0) is 12.6 Å². The van der Waals surface area contributed by atoms with E-state index < -0.39 is 0 Å². The number of nitrogens with zero attached hydrogens (tertiary/aromatic N) is 3. The van der Waals surface area contributed by atoms with Crippen LogP contribution in [0.25, 0.3) is 10.6 Å². The summed E-state index contributed by atoms with van der Waals surface area (Å²) in [5.74, 6) is 0. The van der Waals surface area contributed by atoms with Crippen molar-refractivity contribution < 1.29 is 0 Å². The molecule has 6 heteroatoms. The second-order valence-electron chi connectivity index (χ2n) is 3.46. The quantitative estimate of drug-likeness (QED) is 0.846. The summed E-state index contributed by atoms with van der Waals surface area (Å²) in [4.78, 5) is 3.95. The standard InChI is InChI=1S/C11H13ClN4S/c1-2-13-6-4-10-15-16-11(17-10)8-3-5-14-7-9(8)12/h3,5,7,13H,2,4,6H2,1H3. The Balaban J connectivity index is 2.10. The first-order valence-electron chi connectivity index (χ1n) is 5.44. The molecular weight excluding hydrogens is 256 g/mol. The summed E-state index contributed by atoms with van der Waals surface area (Å²) in [5, 5.41) is 14.1. The lowest BCUT2D eigenvalue weighted by molar-refractivity contribution is 0.710. The van der Waals surface area contributed by atoms with Crippen LogP contribution in [-0.4, -0.2) is 28.3 Å². The average Bonchev–Trinajstić information content (AvgIpc) is 2.79. The number of aromatic nitrogens is 3. The average molecular weight is 269 g/mol. The molecule has 0 aromatic carbocycles. The highest BCUT2D eigenvalue weighted by molar-refractivity contribution is 7.14. The summed E-state index contributed by atoms with van der Waals surface area (Å²) >= 11 is 7.63. The van der Waals surface area contributed by atoms with E-state index in [1.807, 2.05) is 6.07 Å². The molecule has 0 fully saturated rings. The van der Waals surface area contributed by atoms with Crippen molar-refractivity contribution in [2.24, 2.45) is 0 Å². The topological polar surface area (TPSA) is 50.7 Å². The molecule has 4 nitrogen and oxygen atoms in total. The number of hydrogen-bond acceptors (Lipinski definition) is 5.